The molecule has 2 aliphatic heterocycles. The number of urea groups is 1. The number of rotatable bonds is 2. The van der Waals surface area contributed by atoms with Gasteiger partial charge in [0.15, 0.2) is 9.84 Å². The third kappa shape index (κ3) is 3.60. The number of hydrogen-bond acceptors (Lipinski definition) is 4. The Hall–Kier alpha value is -0.820. The third-order valence-electron chi connectivity index (χ3n) is 4.13. The van der Waals surface area contributed by atoms with Crippen LogP contribution in [-0.2, 0) is 14.6 Å². The molecule has 2 heterocycles. The smallest absolute Gasteiger partial charge is 0.317 e. The average molecular weight is 290 g/mol. The molecule has 0 spiro atoms. The van der Waals surface area contributed by atoms with E-state index in [-0.39, 0.29) is 23.1 Å². The minimum absolute atomic E-state index is 0.0721. The molecule has 0 saturated carbocycles. The molecule has 2 fully saturated rings. The van der Waals surface area contributed by atoms with Crippen LogP contribution in [0.4, 0.5) is 4.79 Å². The van der Waals surface area contributed by atoms with Gasteiger partial charge >= 0.3 is 6.03 Å². The molecule has 19 heavy (non-hydrogen) atoms. The zero-order valence-corrected chi connectivity index (χ0v) is 12.2. The van der Waals surface area contributed by atoms with E-state index < -0.39 is 9.84 Å². The van der Waals surface area contributed by atoms with Crippen molar-refractivity contribution in [3.05, 3.63) is 0 Å². The summed E-state index contributed by atoms with van der Waals surface area (Å²) in [5, 5.41) is 3.09. The van der Waals surface area contributed by atoms with E-state index in [0.29, 0.717) is 26.3 Å². The number of amides is 2. The molecule has 6 nitrogen and oxygen atoms in total. The lowest BCUT2D eigenvalue weighted by Gasteiger charge is -2.39. The van der Waals surface area contributed by atoms with Crippen LogP contribution >= 0.6 is 0 Å². The molecule has 2 aliphatic rings. The second-order valence-corrected chi connectivity index (χ2v) is 7.62. The van der Waals surface area contributed by atoms with Gasteiger partial charge in [-0.05, 0) is 19.3 Å². The Morgan fingerprint density at radius 1 is 1.26 bits per heavy atom. The van der Waals surface area contributed by atoms with Gasteiger partial charge in [-0.25, -0.2) is 13.2 Å². The molecule has 0 radical (unpaired) electrons. The maximum absolute atomic E-state index is 12.2. The standard InChI is InChI=1S/C12H22N2O4S/c1-2-12(3-7-18-8-4-12)13-11(15)14-5-9-19(16,17)10-6-14/h2-10H2,1H3,(H,13,15). The van der Waals surface area contributed by atoms with Crippen molar-refractivity contribution in [2.75, 3.05) is 37.8 Å². The summed E-state index contributed by atoms with van der Waals surface area (Å²) in [7, 11) is -2.94. The Kier molecular flexibility index (Phi) is 4.35. The first-order valence-electron chi connectivity index (χ1n) is 6.82. The van der Waals surface area contributed by atoms with Crippen LogP contribution in [0.1, 0.15) is 26.2 Å². The summed E-state index contributed by atoms with van der Waals surface area (Å²) in [5.41, 5.74) is -0.189. The molecular weight excluding hydrogens is 268 g/mol. The van der Waals surface area contributed by atoms with Crippen molar-refractivity contribution in [2.45, 2.75) is 31.7 Å². The first-order chi connectivity index (χ1) is 8.96. The second-order valence-electron chi connectivity index (χ2n) is 5.32. The highest BCUT2D eigenvalue weighted by Crippen LogP contribution is 2.24. The molecule has 0 bridgehead atoms. The highest BCUT2D eigenvalue weighted by molar-refractivity contribution is 7.91. The van der Waals surface area contributed by atoms with E-state index in [0.717, 1.165) is 19.3 Å². The number of nitrogens with one attached hydrogen (secondary N) is 1. The van der Waals surface area contributed by atoms with Gasteiger partial charge < -0.3 is 15.0 Å². The molecule has 0 unspecified atom stereocenters. The summed E-state index contributed by atoms with van der Waals surface area (Å²) < 4.78 is 28.0. The fourth-order valence-electron chi connectivity index (χ4n) is 2.55. The fraction of sp³-hybridized carbons (Fsp3) is 0.917. The van der Waals surface area contributed by atoms with Crippen LogP contribution in [0.5, 0.6) is 0 Å². The first kappa shape index (κ1) is 14.6. The molecule has 0 aromatic carbocycles. The van der Waals surface area contributed by atoms with Gasteiger partial charge in [-0.15, -0.1) is 0 Å². The summed E-state index contributed by atoms with van der Waals surface area (Å²) in [5.74, 6) is 0.144. The molecule has 0 aromatic rings. The maximum atomic E-state index is 12.2. The number of nitrogens with zero attached hydrogens (tertiary/aromatic N) is 1. The fourth-order valence-corrected chi connectivity index (χ4v) is 3.75. The molecule has 1 N–H and O–H groups in total. The van der Waals surface area contributed by atoms with Crippen molar-refractivity contribution < 1.29 is 17.9 Å². The molecule has 2 amide bonds. The Balaban J connectivity index is 1.93. The lowest BCUT2D eigenvalue weighted by molar-refractivity contribution is 0.0385. The van der Waals surface area contributed by atoms with Crippen LogP contribution in [-0.4, -0.2) is 62.7 Å². The van der Waals surface area contributed by atoms with Crippen LogP contribution in [0.2, 0.25) is 0 Å². The van der Waals surface area contributed by atoms with Crippen LogP contribution in [0.3, 0.4) is 0 Å². The van der Waals surface area contributed by atoms with Crippen LogP contribution < -0.4 is 5.32 Å². The summed E-state index contributed by atoms with van der Waals surface area (Å²) >= 11 is 0. The van der Waals surface area contributed by atoms with E-state index in [4.69, 9.17) is 4.74 Å². The van der Waals surface area contributed by atoms with Crippen LogP contribution in [0, 0.1) is 0 Å². The van der Waals surface area contributed by atoms with Gasteiger partial charge in [-0.1, -0.05) is 6.92 Å². The van der Waals surface area contributed by atoms with Crippen LogP contribution in [0.25, 0.3) is 0 Å². The molecule has 0 atom stereocenters. The van der Waals surface area contributed by atoms with Crippen molar-refractivity contribution in [1.82, 2.24) is 10.2 Å². The van der Waals surface area contributed by atoms with Gasteiger partial charge in [-0.3, -0.25) is 0 Å². The maximum Gasteiger partial charge on any atom is 0.317 e. The zero-order chi connectivity index (χ0) is 13.9. The lowest BCUT2D eigenvalue weighted by atomic mass is 9.87. The van der Waals surface area contributed by atoms with E-state index in [1.165, 1.54) is 0 Å². The zero-order valence-electron chi connectivity index (χ0n) is 11.4. The number of ether oxygens (including phenoxy) is 1. The summed E-state index contributed by atoms with van der Waals surface area (Å²) in [6.45, 7) is 3.99. The van der Waals surface area contributed by atoms with Crippen molar-refractivity contribution in [3.8, 4) is 0 Å². The molecule has 2 rings (SSSR count). The second kappa shape index (κ2) is 5.66. The van der Waals surface area contributed by atoms with Gasteiger partial charge in [0.25, 0.3) is 0 Å². The summed E-state index contributed by atoms with van der Waals surface area (Å²) in [4.78, 5) is 13.8. The molecule has 7 heteroatoms. The van der Waals surface area contributed by atoms with Crippen molar-refractivity contribution in [2.24, 2.45) is 0 Å². The van der Waals surface area contributed by atoms with E-state index >= 15 is 0 Å². The number of hydrogen-bond donors (Lipinski definition) is 1. The van der Waals surface area contributed by atoms with E-state index in [9.17, 15) is 13.2 Å². The molecule has 0 aliphatic carbocycles. The van der Waals surface area contributed by atoms with Crippen LogP contribution in [0.15, 0.2) is 0 Å². The SMILES string of the molecule is CCC1(NC(=O)N2CCS(=O)(=O)CC2)CCOCC1. The summed E-state index contributed by atoms with van der Waals surface area (Å²) in [6, 6.07) is -0.140. The molecule has 2 saturated heterocycles. The lowest BCUT2D eigenvalue weighted by Crippen LogP contribution is -2.57. The summed E-state index contributed by atoms with van der Waals surface area (Å²) in [6.07, 6.45) is 2.51. The highest BCUT2D eigenvalue weighted by Gasteiger charge is 2.34. The predicted octanol–water partition coefficient (Wildman–Crippen LogP) is 0.386. The van der Waals surface area contributed by atoms with Gasteiger partial charge in [0.1, 0.15) is 0 Å². The number of sulfone groups is 1. The highest BCUT2D eigenvalue weighted by atomic mass is 32.2. The van der Waals surface area contributed by atoms with Gasteiger partial charge in [-0.2, -0.15) is 0 Å². The Morgan fingerprint density at radius 2 is 1.84 bits per heavy atom. The number of carbonyl (C=O) groups excluding carboxylic acids is 1. The van der Waals surface area contributed by atoms with Gasteiger partial charge in [0.05, 0.1) is 11.5 Å². The Morgan fingerprint density at radius 3 is 2.37 bits per heavy atom. The molecule has 110 valence electrons. The topological polar surface area (TPSA) is 75.7 Å². The van der Waals surface area contributed by atoms with E-state index in [1.54, 1.807) is 4.90 Å². The third-order valence-corrected chi connectivity index (χ3v) is 5.74. The molecule has 0 aromatic heterocycles. The predicted molar refractivity (Wildman–Crippen MR) is 71.8 cm³/mol. The number of carbonyl (C=O) groups is 1. The normalized spacial score (nSPS) is 25.8. The van der Waals surface area contributed by atoms with Crippen molar-refractivity contribution in [3.63, 3.8) is 0 Å². The molecular formula is C12H22N2O4S. The Labute approximate surface area is 114 Å². The average Bonchev–Trinajstić information content (AvgIpc) is 2.39. The van der Waals surface area contributed by atoms with Gasteiger partial charge in [0.2, 0.25) is 0 Å². The van der Waals surface area contributed by atoms with Crippen molar-refractivity contribution >= 4 is 15.9 Å². The Bertz CT molecular complexity index is 415. The quantitative estimate of drug-likeness (QED) is 0.798. The van der Waals surface area contributed by atoms with Gasteiger partial charge in [0, 0.05) is 31.8 Å². The van der Waals surface area contributed by atoms with E-state index in [1.807, 2.05) is 0 Å². The minimum Gasteiger partial charge on any atom is -0.381 e. The van der Waals surface area contributed by atoms with Crippen molar-refractivity contribution in [1.29, 1.82) is 0 Å². The minimum atomic E-state index is -2.94. The largest absolute Gasteiger partial charge is 0.381 e. The van der Waals surface area contributed by atoms with E-state index in [2.05, 4.69) is 12.2 Å². The monoisotopic (exact) mass is 290 g/mol. The first-order valence-corrected chi connectivity index (χ1v) is 8.64.